The highest BCUT2D eigenvalue weighted by Crippen LogP contribution is 2.13. The van der Waals surface area contributed by atoms with Gasteiger partial charge >= 0.3 is 0 Å². The van der Waals surface area contributed by atoms with Crippen molar-refractivity contribution in [2.45, 2.75) is 129 Å². The minimum Gasteiger partial charge on any atom is -0.394 e. The molecule has 0 fully saturated rings. The summed E-state index contributed by atoms with van der Waals surface area (Å²) in [6.07, 6.45) is 22.6. The fourth-order valence-electron chi connectivity index (χ4n) is 3.16. The molecule has 0 aliphatic heterocycles. The molecule has 146 valence electrons. The van der Waals surface area contributed by atoms with Crippen molar-refractivity contribution in [1.82, 2.24) is 5.32 Å². The molecule has 0 atom stereocenters. The lowest BCUT2D eigenvalue weighted by Crippen LogP contribution is -2.43. The molecular formula is C22H47NO. The highest BCUT2D eigenvalue weighted by atomic mass is 16.3. The first kappa shape index (κ1) is 23.9. The van der Waals surface area contributed by atoms with Crippen LogP contribution in [0.5, 0.6) is 0 Å². The van der Waals surface area contributed by atoms with Crippen LogP contribution in [-0.4, -0.2) is 23.8 Å². The van der Waals surface area contributed by atoms with Crippen LogP contribution in [0.25, 0.3) is 0 Å². The Kier molecular flexibility index (Phi) is 17.7. The van der Waals surface area contributed by atoms with Gasteiger partial charge in [0, 0.05) is 5.54 Å². The predicted molar refractivity (Wildman–Crippen MR) is 109 cm³/mol. The van der Waals surface area contributed by atoms with E-state index in [1.165, 1.54) is 103 Å². The molecule has 0 rings (SSSR count). The predicted octanol–water partition coefficient (Wildman–Crippen LogP) is 6.61. The Morgan fingerprint density at radius 2 is 0.917 bits per heavy atom. The van der Waals surface area contributed by atoms with E-state index in [0.717, 1.165) is 6.54 Å². The van der Waals surface area contributed by atoms with E-state index in [0.29, 0.717) is 0 Å². The molecule has 0 saturated heterocycles. The molecule has 0 aromatic carbocycles. The largest absolute Gasteiger partial charge is 0.394 e. The first-order valence-corrected chi connectivity index (χ1v) is 11.0. The van der Waals surface area contributed by atoms with Crippen molar-refractivity contribution in [3.63, 3.8) is 0 Å². The maximum atomic E-state index is 9.17. The van der Waals surface area contributed by atoms with Crippen LogP contribution >= 0.6 is 0 Å². The van der Waals surface area contributed by atoms with E-state index in [4.69, 9.17) is 5.11 Å². The topological polar surface area (TPSA) is 32.3 Å². The van der Waals surface area contributed by atoms with E-state index in [9.17, 15) is 0 Å². The molecule has 0 radical (unpaired) electrons. The third kappa shape index (κ3) is 18.3. The third-order valence-corrected chi connectivity index (χ3v) is 5.03. The molecule has 0 aliphatic carbocycles. The second-order valence-electron chi connectivity index (χ2n) is 8.27. The average Bonchev–Trinajstić information content (AvgIpc) is 2.57. The Balaban J connectivity index is 3.05. The van der Waals surface area contributed by atoms with Gasteiger partial charge in [-0.3, -0.25) is 0 Å². The lowest BCUT2D eigenvalue weighted by molar-refractivity contribution is 0.188. The Morgan fingerprint density at radius 3 is 1.25 bits per heavy atom. The van der Waals surface area contributed by atoms with Gasteiger partial charge in [-0.25, -0.2) is 0 Å². The molecule has 0 spiro atoms. The van der Waals surface area contributed by atoms with E-state index in [1.807, 2.05) is 0 Å². The minimum atomic E-state index is -0.116. The molecule has 2 N–H and O–H groups in total. The van der Waals surface area contributed by atoms with E-state index in [-0.39, 0.29) is 12.1 Å². The molecule has 2 heteroatoms. The Morgan fingerprint density at radius 1 is 0.583 bits per heavy atom. The van der Waals surface area contributed by atoms with Crippen molar-refractivity contribution in [3.05, 3.63) is 0 Å². The number of hydrogen-bond donors (Lipinski definition) is 2. The van der Waals surface area contributed by atoms with E-state index in [1.54, 1.807) is 0 Å². The maximum Gasteiger partial charge on any atom is 0.0607 e. The van der Waals surface area contributed by atoms with Gasteiger partial charge in [0.15, 0.2) is 0 Å². The zero-order valence-corrected chi connectivity index (χ0v) is 17.2. The second kappa shape index (κ2) is 17.7. The van der Waals surface area contributed by atoms with Crippen LogP contribution in [0.2, 0.25) is 0 Å². The number of rotatable bonds is 19. The van der Waals surface area contributed by atoms with Gasteiger partial charge in [-0.1, -0.05) is 103 Å². The van der Waals surface area contributed by atoms with Gasteiger partial charge in [0.2, 0.25) is 0 Å². The number of unbranched alkanes of at least 4 members (excludes halogenated alkanes) is 15. The van der Waals surface area contributed by atoms with Gasteiger partial charge < -0.3 is 10.4 Å². The highest BCUT2D eigenvalue weighted by molar-refractivity contribution is 4.75. The molecule has 0 aromatic rings. The second-order valence-corrected chi connectivity index (χ2v) is 8.27. The quantitative estimate of drug-likeness (QED) is 0.259. The monoisotopic (exact) mass is 341 g/mol. The normalized spacial score (nSPS) is 12.0. The van der Waals surface area contributed by atoms with Gasteiger partial charge in [-0.2, -0.15) is 0 Å². The van der Waals surface area contributed by atoms with Gasteiger partial charge in [0.1, 0.15) is 0 Å². The number of aliphatic hydroxyl groups is 1. The number of nitrogens with one attached hydrogen (secondary N) is 1. The van der Waals surface area contributed by atoms with Gasteiger partial charge in [0.25, 0.3) is 0 Å². The van der Waals surface area contributed by atoms with Crippen molar-refractivity contribution in [2.75, 3.05) is 13.2 Å². The minimum absolute atomic E-state index is 0.116. The summed E-state index contributed by atoms with van der Waals surface area (Å²) in [5, 5.41) is 12.6. The summed E-state index contributed by atoms with van der Waals surface area (Å²) >= 11 is 0. The van der Waals surface area contributed by atoms with Crippen LogP contribution in [0.4, 0.5) is 0 Å². The Hall–Kier alpha value is -0.0800. The maximum absolute atomic E-state index is 9.17. The van der Waals surface area contributed by atoms with E-state index < -0.39 is 0 Å². The first-order valence-electron chi connectivity index (χ1n) is 11.0. The molecule has 0 aliphatic rings. The third-order valence-electron chi connectivity index (χ3n) is 5.03. The van der Waals surface area contributed by atoms with E-state index in [2.05, 4.69) is 26.1 Å². The molecule has 0 aromatic heterocycles. The van der Waals surface area contributed by atoms with Crippen LogP contribution in [-0.2, 0) is 0 Å². The van der Waals surface area contributed by atoms with Crippen LogP contribution in [0.15, 0.2) is 0 Å². The molecule has 0 bridgehead atoms. The number of aliphatic hydroxyl groups excluding tert-OH is 1. The first-order chi connectivity index (χ1) is 11.6. The summed E-state index contributed by atoms with van der Waals surface area (Å²) in [7, 11) is 0. The Bertz CT molecular complexity index is 240. The van der Waals surface area contributed by atoms with Gasteiger partial charge in [0.05, 0.1) is 6.61 Å². The molecule has 2 nitrogen and oxygen atoms in total. The van der Waals surface area contributed by atoms with Crippen LogP contribution in [0, 0.1) is 0 Å². The lowest BCUT2D eigenvalue weighted by atomic mass is 10.0. The summed E-state index contributed by atoms with van der Waals surface area (Å²) in [6.45, 7) is 7.65. The average molecular weight is 342 g/mol. The standard InChI is InChI=1S/C22H47NO/c1-4-5-6-7-8-9-10-11-12-13-14-15-16-17-18-19-20-23-22(2,3)21-24/h23-24H,4-21H2,1-3H3. The zero-order valence-electron chi connectivity index (χ0n) is 17.2. The molecular weight excluding hydrogens is 294 g/mol. The smallest absolute Gasteiger partial charge is 0.0607 e. The summed E-state index contributed by atoms with van der Waals surface area (Å²) in [6, 6.07) is 0. The fourth-order valence-corrected chi connectivity index (χ4v) is 3.16. The van der Waals surface area contributed by atoms with Gasteiger partial charge in [-0.05, 0) is 26.8 Å². The van der Waals surface area contributed by atoms with E-state index >= 15 is 0 Å². The lowest BCUT2D eigenvalue weighted by Gasteiger charge is -2.23. The molecule has 0 amide bonds. The molecule has 24 heavy (non-hydrogen) atoms. The highest BCUT2D eigenvalue weighted by Gasteiger charge is 2.13. The van der Waals surface area contributed by atoms with Crippen LogP contribution in [0.3, 0.4) is 0 Å². The molecule has 0 heterocycles. The van der Waals surface area contributed by atoms with Crippen LogP contribution < -0.4 is 5.32 Å². The SMILES string of the molecule is CCCCCCCCCCCCCCCCCCNC(C)(C)CO. The van der Waals surface area contributed by atoms with Crippen molar-refractivity contribution < 1.29 is 5.11 Å². The molecule has 0 unspecified atom stereocenters. The van der Waals surface area contributed by atoms with Crippen molar-refractivity contribution in [2.24, 2.45) is 0 Å². The molecule has 0 saturated carbocycles. The summed E-state index contributed by atoms with van der Waals surface area (Å²) in [5.74, 6) is 0. The van der Waals surface area contributed by atoms with Crippen molar-refractivity contribution in [1.29, 1.82) is 0 Å². The summed E-state index contributed by atoms with van der Waals surface area (Å²) in [4.78, 5) is 0. The van der Waals surface area contributed by atoms with Crippen molar-refractivity contribution in [3.8, 4) is 0 Å². The van der Waals surface area contributed by atoms with Crippen molar-refractivity contribution >= 4 is 0 Å². The zero-order chi connectivity index (χ0) is 17.9. The Labute approximate surface area is 153 Å². The fraction of sp³-hybridized carbons (Fsp3) is 1.00. The van der Waals surface area contributed by atoms with Crippen LogP contribution in [0.1, 0.15) is 124 Å². The number of hydrogen-bond acceptors (Lipinski definition) is 2. The van der Waals surface area contributed by atoms with Gasteiger partial charge in [-0.15, -0.1) is 0 Å². The summed E-state index contributed by atoms with van der Waals surface area (Å²) in [5.41, 5.74) is -0.116. The summed E-state index contributed by atoms with van der Waals surface area (Å²) < 4.78 is 0.